The van der Waals surface area contributed by atoms with E-state index in [1.807, 2.05) is 0 Å². The van der Waals surface area contributed by atoms with Crippen LogP contribution in [0.5, 0.6) is 0 Å². The summed E-state index contributed by atoms with van der Waals surface area (Å²) < 4.78 is 6.78. The number of imidazole rings is 3. The van der Waals surface area contributed by atoms with E-state index in [1.165, 1.54) is 57.8 Å². The van der Waals surface area contributed by atoms with E-state index in [-0.39, 0.29) is 0 Å². The van der Waals surface area contributed by atoms with Gasteiger partial charge in [0.1, 0.15) is 29.1 Å². The minimum Gasteiger partial charge on any atom is -0.284 e. The first-order chi connectivity index (χ1) is 25.6. The van der Waals surface area contributed by atoms with E-state index in [0.29, 0.717) is 29.5 Å². The molecule has 0 aliphatic heterocycles. The van der Waals surface area contributed by atoms with Crippen molar-refractivity contribution in [2.45, 2.75) is 121 Å². The van der Waals surface area contributed by atoms with Crippen molar-refractivity contribution in [2.24, 2.45) is 9.98 Å². The molecule has 8 heteroatoms. The number of fused-ring (bicyclic) bond motifs is 3. The lowest BCUT2D eigenvalue weighted by molar-refractivity contribution is 0.426. The fourth-order valence-electron chi connectivity index (χ4n) is 9.34. The van der Waals surface area contributed by atoms with E-state index in [2.05, 4.69) is 93.4 Å². The molecule has 0 spiro atoms. The van der Waals surface area contributed by atoms with Gasteiger partial charge in [-0.15, -0.1) is 0 Å². The molecule has 9 rings (SSSR count). The first kappa shape index (κ1) is 33.0. The van der Waals surface area contributed by atoms with Gasteiger partial charge in [-0.2, -0.15) is 9.98 Å². The van der Waals surface area contributed by atoms with Gasteiger partial charge in [0.05, 0.1) is 33.1 Å². The number of hydrogen-bond donors (Lipinski definition) is 0. The summed E-state index contributed by atoms with van der Waals surface area (Å²) in [7, 11) is 0. The summed E-state index contributed by atoms with van der Waals surface area (Å²) in [6, 6.07) is 25.4. The molecule has 3 aliphatic rings. The summed E-state index contributed by atoms with van der Waals surface area (Å²) in [4.78, 5) is 26.9. The summed E-state index contributed by atoms with van der Waals surface area (Å²) in [5, 5.41) is 0. The molecule has 0 atom stereocenters. The Bertz CT molecular complexity index is 2300. The second kappa shape index (κ2) is 14.3. The van der Waals surface area contributed by atoms with Gasteiger partial charge < -0.3 is 0 Å². The number of rotatable bonds is 5. The molecule has 3 aromatic heterocycles. The zero-order valence-corrected chi connectivity index (χ0v) is 30.6. The lowest BCUT2D eigenvalue weighted by Gasteiger charge is -2.24. The molecule has 52 heavy (non-hydrogen) atoms. The van der Waals surface area contributed by atoms with E-state index >= 15 is 0 Å². The highest BCUT2D eigenvalue weighted by Gasteiger charge is 2.28. The third-order valence-corrected chi connectivity index (χ3v) is 11.9. The maximum atomic E-state index is 5.56. The van der Waals surface area contributed by atoms with Crippen LogP contribution >= 0.6 is 0 Å². The van der Waals surface area contributed by atoms with Gasteiger partial charge in [-0.3, -0.25) is 13.7 Å². The molecule has 0 unspecified atom stereocenters. The Morgan fingerprint density at radius 1 is 0.500 bits per heavy atom. The fraction of sp³-hybridized carbons (Fsp3) is 0.432. The largest absolute Gasteiger partial charge is 0.284 e. The number of para-hydroxylation sites is 6. The maximum Gasteiger partial charge on any atom is 0.239 e. The quantitative estimate of drug-likeness (QED) is 0.133. The number of hydrogen-bond acceptors (Lipinski definition) is 4. The van der Waals surface area contributed by atoms with Crippen molar-refractivity contribution in [3.63, 3.8) is 0 Å². The molecule has 0 N–H and O–H groups in total. The average molecular weight is 691 g/mol. The number of benzene rings is 3. The SMILES string of the molecule is C=C(/N=C(\N=C(/C)n1c(C2CCCCC2)nc2ccccc21)n1c(C2CCCCC2)nc2ccccc21)n1c(C2CCCCC2)nc2ccccc21. The molecule has 0 radical (unpaired) electrons. The second-order valence-corrected chi connectivity index (χ2v) is 15.4. The molecule has 0 saturated heterocycles. The van der Waals surface area contributed by atoms with Gasteiger partial charge in [0.15, 0.2) is 0 Å². The summed E-state index contributed by atoms with van der Waals surface area (Å²) >= 11 is 0. The van der Waals surface area contributed by atoms with Crippen LogP contribution in [0.3, 0.4) is 0 Å². The van der Waals surface area contributed by atoms with E-state index < -0.39 is 0 Å². The van der Waals surface area contributed by atoms with Crippen LogP contribution in [0.4, 0.5) is 0 Å². The summed E-state index contributed by atoms with van der Waals surface area (Å²) in [6.07, 6.45) is 18.1. The Hall–Kier alpha value is -4.85. The highest BCUT2D eigenvalue weighted by atomic mass is 15.3. The van der Waals surface area contributed by atoms with Crippen molar-refractivity contribution >= 4 is 50.7 Å². The predicted octanol–water partition coefficient (Wildman–Crippen LogP) is 11.2. The van der Waals surface area contributed by atoms with E-state index in [9.17, 15) is 0 Å². The number of nitrogens with zero attached hydrogens (tertiary/aromatic N) is 8. The van der Waals surface area contributed by atoms with Gasteiger partial charge in [-0.1, -0.05) is 101 Å². The molecule has 6 aromatic rings. The van der Waals surface area contributed by atoms with Crippen LogP contribution in [0.1, 0.15) is 138 Å². The minimum absolute atomic E-state index is 0.342. The Balaban J connectivity index is 1.26. The molecule has 3 saturated carbocycles. The molecule has 3 aromatic carbocycles. The first-order valence-electron chi connectivity index (χ1n) is 19.9. The lowest BCUT2D eigenvalue weighted by Crippen LogP contribution is -2.22. The van der Waals surface area contributed by atoms with Crippen LogP contribution in [-0.4, -0.2) is 40.4 Å². The van der Waals surface area contributed by atoms with Crippen molar-refractivity contribution in [3.8, 4) is 0 Å². The topological polar surface area (TPSA) is 78.2 Å². The normalized spacial score (nSPS) is 18.9. The molecule has 266 valence electrons. The molecule has 3 heterocycles. The maximum absolute atomic E-state index is 5.56. The van der Waals surface area contributed by atoms with Crippen LogP contribution in [0, 0.1) is 0 Å². The van der Waals surface area contributed by atoms with Crippen molar-refractivity contribution < 1.29 is 0 Å². The minimum atomic E-state index is 0.342. The van der Waals surface area contributed by atoms with Crippen LogP contribution in [-0.2, 0) is 0 Å². The van der Waals surface area contributed by atoms with Crippen LogP contribution < -0.4 is 0 Å². The second-order valence-electron chi connectivity index (χ2n) is 15.4. The highest BCUT2D eigenvalue weighted by molar-refractivity contribution is 6.04. The molecule has 0 bridgehead atoms. The molecule has 3 fully saturated rings. The van der Waals surface area contributed by atoms with E-state index in [1.54, 1.807) is 0 Å². The van der Waals surface area contributed by atoms with E-state index in [4.69, 9.17) is 31.5 Å². The average Bonchev–Trinajstić information content (AvgIpc) is 3.91. The third-order valence-electron chi connectivity index (χ3n) is 11.9. The van der Waals surface area contributed by atoms with E-state index in [0.717, 1.165) is 94.9 Å². The summed E-state index contributed by atoms with van der Waals surface area (Å²) in [5.41, 5.74) is 6.13. The molecular weight excluding hydrogens is 641 g/mol. The number of aliphatic imine (C=N–C) groups is 2. The Morgan fingerprint density at radius 2 is 0.865 bits per heavy atom. The zero-order chi connectivity index (χ0) is 35.0. The fourth-order valence-corrected chi connectivity index (χ4v) is 9.34. The Labute approximate surface area is 306 Å². The molecular formula is C44H50N8. The standard InChI is InChI=1S/C44H50N8/c1-30(50-38-27-15-12-24-35(38)47-41(50)32-18-6-3-7-19-32)45-44(52-40-29-17-14-26-37(40)49-43(52)34-22-10-5-11-23-34)46-31(2)51-39-28-16-13-25-36(39)48-42(51)33-20-8-4-9-21-33/h12-17,24-29,32-34H,1,3-11,18-23H2,2H3/b45-44+,46-31+. The number of aromatic nitrogens is 6. The summed E-state index contributed by atoms with van der Waals surface area (Å²) in [5.74, 6) is 6.45. The van der Waals surface area contributed by atoms with Gasteiger partial charge in [0.25, 0.3) is 0 Å². The monoisotopic (exact) mass is 690 g/mol. The van der Waals surface area contributed by atoms with Crippen molar-refractivity contribution in [1.82, 2.24) is 28.7 Å². The van der Waals surface area contributed by atoms with Crippen molar-refractivity contribution in [3.05, 3.63) is 96.8 Å². The smallest absolute Gasteiger partial charge is 0.239 e. The Kier molecular flexibility index (Phi) is 9.07. The van der Waals surface area contributed by atoms with Gasteiger partial charge in [0, 0.05) is 17.8 Å². The molecule has 3 aliphatic carbocycles. The summed E-state index contributed by atoms with van der Waals surface area (Å²) in [6.45, 7) is 6.82. The van der Waals surface area contributed by atoms with Gasteiger partial charge in [-0.25, -0.2) is 15.0 Å². The molecule has 0 amide bonds. The Morgan fingerprint density at radius 3 is 1.33 bits per heavy atom. The highest BCUT2D eigenvalue weighted by Crippen LogP contribution is 2.38. The molecule has 8 nitrogen and oxygen atoms in total. The van der Waals surface area contributed by atoms with Gasteiger partial charge >= 0.3 is 0 Å². The zero-order valence-electron chi connectivity index (χ0n) is 30.6. The van der Waals surface area contributed by atoms with Crippen LogP contribution in [0.2, 0.25) is 0 Å². The third kappa shape index (κ3) is 6.10. The first-order valence-corrected chi connectivity index (χ1v) is 19.9. The van der Waals surface area contributed by atoms with Crippen molar-refractivity contribution in [1.29, 1.82) is 0 Å². The van der Waals surface area contributed by atoms with Gasteiger partial charge in [-0.05, 0) is 81.8 Å². The lowest BCUT2D eigenvalue weighted by atomic mass is 9.88. The predicted molar refractivity (Wildman–Crippen MR) is 213 cm³/mol. The van der Waals surface area contributed by atoms with Crippen molar-refractivity contribution in [2.75, 3.05) is 0 Å². The van der Waals surface area contributed by atoms with Gasteiger partial charge in [0.2, 0.25) is 5.96 Å². The van der Waals surface area contributed by atoms with Crippen LogP contribution in [0.15, 0.2) is 89.4 Å². The van der Waals surface area contributed by atoms with Crippen LogP contribution in [0.25, 0.3) is 38.9 Å².